The molecule has 0 saturated heterocycles. The Balaban J connectivity index is 2.22. The van der Waals surface area contributed by atoms with Crippen LogP contribution < -0.4 is 5.56 Å². The second kappa shape index (κ2) is 4.68. The van der Waals surface area contributed by atoms with Gasteiger partial charge in [-0.1, -0.05) is 35.3 Å². The lowest BCUT2D eigenvalue weighted by Crippen LogP contribution is -2.05. The number of nitrogens with one attached hydrogen (secondary N) is 1. The summed E-state index contributed by atoms with van der Waals surface area (Å²) in [4.78, 5) is 18.4. The molecular weight excluding hydrogens is 283 g/mol. The number of rotatable bonds is 1. The van der Waals surface area contributed by atoms with Crippen molar-refractivity contribution < 1.29 is 0 Å². The van der Waals surface area contributed by atoms with E-state index in [1.807, 2.05) is 18.2 Å². The van der Waals surface area contributed by atoms with E-state index in [9.17, 15) is 4.79 Å². The van der Waals surface area contributed by atoms with Crippen molar-refractivity contribution in [1.29, 1.82) is 0 Å². The average molecular weight is 291 g/mol. The van der Waals surface area contributed by atoms with Crippen molar-refractivity contribution in [3.8, 4) is 11.1 Å². The van der Waals surface area contributed by atoms with E-state index in [1.54, 1.807) is 18.2 Å². The number of H-pyrrole nitrogens is 1. The van der Waals surface area contributed by atoms with Crippen LogP contribution in [0.3, 0.4) is 0 Å². The molecule has 94 valence electrons. The summed E-state index contributed by atoms with van der Waals surface area (Å²) >= 11 is 11.9. The van der Waals surface area contributed by atoms with Gasteiger partial charge in [0.05, 0.1) is 27.3 Å². The van der Waals surface area contributed by atoms with E-state index in [1.165, 1.54) is 6.33 Å². The molecule has 0 atom stereocenters. The number of aromatic amines is 1. The van der Waals surface area contributed by atoms with Gasteiger partial charge in [0.2, 0.25) is 0 Å². The Morgan fingerprint density at radius 3 is 2.47 bits per heavy atom. The van der Waals surface area contributed by atoms with Crippen molar-refractivity contribution in [3.63, 3.8) is 0 Å². The Bertz CT molecular complexity index is 827. The van der Waals surface area contributed by atoms with Crippen LogP contribution in [-0.4, -0.2) is 9.97 Å². The van der Waals surface area contributed by atoms with Crippen molar-refractivity contribution >= 4 is 34.1 Å². The smallest absolute Gasteiger partial charge is 0.258 e. The van der Waals surface area contributed by atoms with Gasteiger partial charge < -0.3 is 4.98 Å². The zero-order valence-corrected chi connectivity index (χ0v) is 11.2. The molecule has 5 heteroatoms. The van der Waals surface area contributed by atoms with Gasteiger partial charge in [0.1, 0.15) is 0 Å². The lowest BCUT2D eigenvalue weighted by atomic mass is 10.0. The molecular formula is C14H8Cl2N2O. The van der Waals surface area contributed by atoms with Gasteiger partial charge in [-0.2, -0.15) is 0 Å². The van der Waals surface area contributed by atoms with Crippen LogP contribution >= 0.6 is 23.2 Å². The second-order valence-corrected chi connectivity index (χ2v) is 4.91. The van der Waals surface area contributed by atoms with Crippen molar-refractivity contribution in [3.05, 3.63) is 63.1 Å². The van der Waals surface area contributed by atoms with Gasteiger partial charge in [-0.25, -0.2) is 4.98 Å². The summed E-state index contributed by atoms with van der Waals surface area (Å²) in [6.07, 6.45) is 1.39. The van der Waals surface area contributed by atoms with E-state index < -0.39 is 0 Å². The topological polar surface area (TPSA) is 45.8 Å². The minimum absolute atomic E-state index is 0.160. The maximum atomic E-state index is 11.7. The molecule has 0 aliphatic carbocycles. The average Bonchev–Trinajstić information content (AvgIpc) is 2.42. The first-order valence-electron chi connectivity index (χ1n) is 5.58. The Morgan fingerprint density at radius 1 is 0.947 bits per heavy atom. The summed E-state index contributed by atoms with van der Waals surface area (Å²) in [6.45, 7) is 0. The molecule has 3 rings (SSSR count). The molecule has 0 bridgehead atoms. The second-order valence-electron chi connectivity index (χ2n) is 4.09. The third kappa shape index (κ3) is 2.23. The van der Waals surface area contributed by atoms with Crippen LogP contribution in [0.5, 0.6) is 0 Å². The van der Waals surface area contributed by atoms with Crippen molar-refractivity contribution in [2.75, 3.05) is 0 Å². The lowest BCUT2D eigenvalue weighted by molar-refractivity contribution is 1.17. The minimum Gasteiger partial charge on any atom is -0.313 e. The summed E-state index contributed by atoms with van der Waals surface area (Å²) in [5.41, 5.74) is 2.29. The summed E-state index contributed by atoms with van der Waals surface area (Å²) in [7, 11) is 0. The van der Waals surface area contributed by atoms with Gasteiger partial charge in [0.15, 0.2) is 0 Å². The highest BCUT2D eigenvalue weighted by molar-refractivity contribution is 6.42. The van der Waals surface area contributed by atoms with E-state index in [2.05, 4.69) is 9.97 Å². The molecule has 0 radical (unpaired) electrons. The molecule has 0 fully saturated rings. The standard InChI is InChI=1S/C14H8Cl2N2O/c15-11-3-1-9(6-12(11)16)8-2-4-13-10(5-8)14(19)18-7-17-13/h1-7H,(H,17,18,19). The molecule has 19 heavy (non-hydrogen) atoms. The number of benzene rings is 2. The monoisotopic (exact) mass is 290 g/mol. The lowest BCUT2D eigenvalue weighted by Gasteiger charge is -2.04. The van der Waals surface area contributed by atoms with Gasteiger partial charge in [-0.15, -0.1) is 0 Å². The molecule has 3 aromatic rings. The quantitative estimate of drug-likeness (QED) is 0.739. The summed E-state index contributed by atoms with van der Waals surface area (Å²) in [5.74, 6) is 0. The highest BCUT2D eigenvalue weighted by atomic mass is 35.5. The first-order chi connectivity index (χ1) is 9.15. The molecule has 0 spiro atoms. The molecule has 2 aromatic carbocycles. The van der Waals surface area contributed by atoms with Crippen molar-refractivity contribution in [2.45, 2.75) is 0 Å². The first-order valence-corrected chi connectivity index (χ1v) is 6.33. The fourth-order valence-electron chi connectivity index (χ4n) is 1.92. The third-order valence-corrected chi connectivity index (χ3v) is 3.63. The summed E-state index contributed by atoms with van der Waals surface area (Å²) in [5, 5.41) is 1.54. The molecule has 3 nitrogen and oxygen atoms in total. The van der Waals surface area contributed by atoms with Crippen LogP contribution in [0.25, 0.3) is 22.0 Å². The number of aromatic nitrogens is 2. The van der Waals surface area contributed by atoms with Crippen molar-refractivity contribution in [2.24, 2.45) is 0 Å². The minimum atomic E-state index is -0.160. The fraction of sp³-hybridized carbons (Fsp3) is 0. The molecule has 0 aliphatic rings. The summed E-state index contributed by atoms with van der Waals surface area (Å²) in [6, 6.07) is 10.9. The molecule has 1 aromatic heterocycles. The number of hydrogen-bond donors (Lipinski definition) is 1. The highest BCUT2D eigenvalue weighted by Gasteiger charge is 2.05. The highest BCUT2D eigenvalue weighted by Crippen LogP contribution is 2.29. The SMILES string of the molecule is O=c1[nH]cnc2ccc(-c3ccc(Cl)c(Cl)c3)cc12. The number of halogens is 2. The number of fused-ring (bicyclic) bond motifs is 1. The Morgan fingerprint density at radius 2 is 1.68 bits per heavy atom. The van der Waals surface area contributed by atoms with E-state index in [0.29, 0.717) is 20.9 Å². The normalized spacial score (nSPS) is 10.8. The molecule has 0 aliphatic heterocycles. The van der Waals surface area contributed by atoms with E-state index >= 15 is 0 Å². The Labute approximate surface area is 118 Å². The third-order valence-electron chi connectivity index (χ3n) is 2.89. The largest absolute Gasteiger partial charge is 0.313 e. The van der Waals surface area contributed by atoms with Crippen LogP contribution in [-0.2, 0) is 0 Å². The molecule has 0 amide bonds. The predicted molar refractivity (Wildman–Crippen MR) is 77.8 cm³/mol. The maximum Gasteiger partial charge on any atom is 0.258 e. The predicted octanol–water partition coefficient (Wildman–Crippen LogP) is 3.90. The first kappa shape index (κ1) is 12.2. The van der Waals surface area contributed by atoms with Gasteiger partial charge in [-0.05, 0) is 35.4 Å². The van der Waals surface area contributed by atoms with Crippen LogP contribution in [0.1, 0.15) is 0 Å². The fourth-order valence-corrected chi connectivity index (χ4v) is 2.22. The van der Waals surface area contributed by atoms with E-state index in [0.717, 1.165) is 11.1 Å². The number of nitrogens with zero attached hydrogens (tertiary/aromatic N) is 1. The number of hydrogen-bond acceptors (Lipinski definition) is 2. The van der Waals surface area contributed by atoms with Crippen LogP contribution in [0.2, 0.25) is 10.0 Å². The van der Waals surface area contributed by atoms with Crippen LogP contribution in [0.4, 0.5) is 0 Å². The van der Waals surface area contributed by atoms with Crippen molar-refractivity contribution in [1.82, 2.24) is 9.97 Å². The van der Waals surface area contributed by atoms with E-state index in [-0.39, 0.29) is 5.56 Å². The Hall–Kier alpha value is -1.84. The maximum absolute atomic E-state index is 11.7. The molecule has 1 heterocycles. The van der Waals surface area contributed by atoms with E-state index in [4.69, 9.17) is 23.2 Å². The summed E-state index contributed by atoms with van der Waals surface area (Å²) < 4.78 is 0. The van der Waals surface area contributed by atoms with Gasteiger partial charge in [0, 0.05) is 0 Å². The van der Waals surface area contributed by atoms with Crippen LogP contribution in [0, 0.1) is 0 Å². The van der Waals surface area contributed by atoms with Gasteiger partial charge in [-0.3, -0.25) is 4.79 Å². The molecule has 0 unspecified atom stereocenters. The Kier molecular flexibility index (Phi) is 3.01. The van der Waals surface area contributed by atoms with Crippen LogP contribution in [0.15, 0.2) is 47.5 Å². The molecule has 1 N–H and O–H groups in total. The zero-order chi connectivity index (χ0) is 13.4. The molecule has 0 saturated carbocycles. The zero-order valence-electron chi connectivity index (χ0n) is 9.65. The van der Waals surface area contributed by atoms with Gasteiger partial charge >= 0.3 is 0 Å². The van der Waals surface area contributed by atoms with Gasteiger partial charge in [0.25, 0.3) is 5.56 Å².